The second-order valence-electron chi connectivity index (χ2n) is 6.05. The summed E-state index contributed by atoms with van der Waals surface area (Å²) >= 11 is 0. The Bertz CT molecular complexity index is 1070. The van der Waals surface area contributed by atoms with Gasteiger partial charge in [0.1, 0.15) is 11.4 Å². The van der Waals surface area contributed by atoms with Gasteiger partial charge in [-0.1, -0.05) is 35.5 Å². The minimum absolute atomic E-state index is 0.146. The maximum Gasteiger partial charge on any atom is 0.272 e. The summed E-state index contributed by atoms with van der Waals surface area (Å²) in [6, 6.07) is 13.3. The van der Waals surface area contributed by atoms with Gasteiger partial charge in [-0.05, 0) is 13.0 Å². The van der Waals surface area contributed by atoms with Crippen molar-refractivity contribution in [1.29, 1.82) is 0 Å². The van der Waals surface area contributed by atoms with Crippen molar-refractivity contribution in [3.63, 3.8) is 0 Å². The first-order valence-corrected chi connectivity index (χ1v) is 8.19. The fourth-order valence-corrected chi connectivity index (χ4v) is 2.88. The number of rotatable bonds is 4. The molecule has 0 N–H and O–H groups in total. The Kier molecular flexibility index (Phi) is 3.96. The fourth-order valence-electron chi connectivity index (χ4n) is 2.88. The zero-order valence-electron chi connectivity index (χ0n) is 14.5. The number of amides is 1. The summed E-state index contributed by atoms with van der Waals surface area (Å²) in [5.41, 5.74) is 2.78. The molecule has 0 radical (unpaired) electrons. The molecule has 0 spiro atoms. The van der Waals surface area contributed by atoms with E-state index in [9.17, 15) is 4.79 Å². The van der Waals surface area contributed by atoms with Gasteiger partial charge in [-0.25, -0.2) is 9.97 Å². The van der Waals surface area contributed by atoms with Crippen molar-refractivity contribution in [3.8, 4) is 11.3 Å². The number of benzene rings is 1. The van der Waals surface area contributed by atoms with Gasteiger partial charge in [-0.15, -0.1) is 0 Å². The Morgan fingerprint density at radius 3 is 2.85 bits per heavy atom. The molecule has 0 aliphatic heterocycles. The van der Waals surface area contributed by atoms with Crippen LogP contribution >= 0.6 is 0 Å². The van der Waals surface area contributed by atoms with E-state index in [0.29, 0.717) is 35.2 Å². The van der Waals surface area contributed by atoms with Crippen LogP contribution in [0.1, 0.15) is 21.9 Å². The van der Waals surface area contributed by atoms with E-state index in [-0.39, 0.29) is 5.91 Å². The van der Waals surface area contributed by atoms with Gasteiger partial charge in [0.25, 0.3) is 5.91 Å². The highest BCUT2D eigenvalue weighted by atomic mass is 16.5. The fraction of sp³-hybridized carbons (Fsp3) is 0.158. The van der Waals surface area contributed by atoms with Gasteiger partial charge in [0.15, 0.2) is 5.76 Å². The third kappa shape index (κ3) is 2.83. The molecule has 0 unspecified atom stereocenters. The first-order chi connectivity index (χ1) is 12.6. The van der Waals surface area contributed by atoms with Gasteiger partial charge < -0.3 is 9.42 Å². The summed E-state index contributed by atoms with van der Waals surface area (Å²) in [5, 5.41) is 4.08. The van der Waals surface area contributed by atoms with E-state index in [4.69, 9.17) is 4.52 Å². The monoisotopic (exact) mass is 347 g/mol. The number of carbonyl (C=O) groups is 1. The van der Waals surface area contributed by atoms with Crippen molar-refractivity contribution in [3.05, 3.63) is 71.9 Å². The van der Waals surface area contributed by atoms with Crippen molar-refractivity contribution in [2.45, 2.75) is 13.5 Å². The molecular weight excluding hydrogens is 330 g/mol. The molecule has 7 nitrogen and oxygen atoms in total. The molecule has 0 saturated carbocycles. The van der Waals surface area contributed by atoms with Gasteiger partial charge in [0.05, 0.1) is 12.2 Å². The maximum absolute atomic E-state index is 12.9. The normalized spacial score (nSPS) is 11.0. The van der Waals surface area contributed by atoms with Crippen LogP contribution in [0.3, 0.4) is 0 Å². The summed E-state index contributed by atoms with van der Waals surface area (Å²) < 4.78 is 7.10. The molecule has 0 saturated heterocycles. The van der Waals surface area contributed by atoms with Crippen LogP contribution in [-0.2, 0) is 6.54 Å². The molecule has 1 amide bonds. The van der Waals surface area contributed by atoms with E-state index in [2.05, 4.69) is 15.1 Å². The van der Waals surface area contributed by atoms with E-state index in [0.717, 1.165) is 5.56 Å². The van der Waals surface area contributed by atoms with Crippen LogP contribution in [0.25, 0.3) is 17.1 Å². The molecule has 3 heterocycles. The Morgan fingerprint density at radius 2 is 2.04 bits per heavy atom. The van der Waals surface area contributed by atoms with Crippen LogP contribution in [0, 0.1) is 6.92 Å². The average Bonchev–Trinajstić information content (AvgIpc) is 3.25. The highest BCUT2D eigenvalue weighted by Gasteiger charge is 2.21. The zero-order valence-corrected chi connectivity index (χ0v) is 14.5. The second kappa shape index (κ2) is 6.44. The molecule has 130 valence electrons. The van der Waals surface area contributed by atoms with Crippen LogP contribution in [0.2, 0.25) is 0 Å². The van der Waals surface area contributed by atoms with Gasteiger partial charge in [0, 0.05) is 31.1 Å². The molecule has 3 aromatic heterocycles. The Hall–Kier alpha value is -3.48. The number of hydrogen-bond acceptors (Lipinski definition) is 5. The number of imidazole rings is 1. The number of aromatic nitrogens is 4. The van der Waals surface area contributed by atoms with Crippen LogP contribution < -0.4 is 0 Å². The molecule has 0 atom stereocenters. The molecule has 4 aromatic rings. The predicted octanol–water partition coefficient (Wildman–Crippen LogP) is 2.96. The van der Waals surface area contributed by atoms with Crippen LogP contribution in [0.5, 0.6) is 0 Å². The third-order valence-corrected chi connectivity index (χ3v) is 4.14. The smallest absolute Gasteiger partial charge is 0.272 e. The number of aryl methyl sites for hydroxylation is 1. The Morgan fingerprint density at radius 1 is 1.23 bits per heavy atom. The maximum atomic E-state index is 12.9. The van der Waals surface area contributed by atoms with Gasteiger partial charge in [-0.2, -0.15) is 0 Å². The van der Waals surface area contributed by atoms with Gasteiger partial charge >= 0.3 is 0 Å². The van der Waals surface area contributed by atoms with Crippen LogP contribution in [0.15, 0.2) is 59.4 Å². The van der Waals surface area contributed by atoms with E-state index in [1.165, 1.54) is 0 Å². The van der Waals surface area contributed by atoms with Crippen LogP contribution in [0.4, 0.5) is 0 Å². The Balaban J connectivity index is 1.56. The summed E-state index contributed by atoms with van der Waals surface area (Å²) in [7, 11) is 1.73. The van der Waals surface area contributed by atoms with E-state index < -0.39 is 0 Å². The summed E-state index contributed by atoms with van der Waals surface area (Å²) in [4.78, 5) is 23.0. The largest absolute Gasteiger partial charge is 0.356 e. The minimum atomic E-state index is -0.146. The average molecular weight is 347 g/mol. The summed E-state index contributed by atoms with van der Waals surface area (Å²) in [5.74, 6) is 1.04. The van der Waals surface area contributed by atoms with Gasteiger partial charge in [0.2, 0.25) is 5.78 Å². The molecule has 1 aromatic carbocycles. The van der Waals surface area contributed by atoms with E-state index >= 15 is 0 Å². The molecule has 26 heavy (non-hydrogen) atoms. The quantitative estimate of drug-likeness (QED) is 0.567. The van der Waals surface area contributed by atoms with Crippen molar-refractivity contribution in [2.24, 2.45) is 0 Å². The predicted molar refractivity (Wildman–Crippen MR) is 95.5 cm³/mol. The number of nitrogens with zero attached hydrogens (tertiary/aromatic N) is 5. The lowest BCUT2D eigenvalue weighted by molar-refractivity contribution is 0.0774. The molecule has 0 fully saturated rings. The van der Waals surface area contributed by atoms with Crippen molar-refractivity contribution < 1.29 is 9.32 Å². The molecule has 0 bridgehead atoms. The lowest BCUT2D eigenvalue weighted by Gasteiger charge is -2.15. The second-order valence-corrected chi connectivity index (χ2v) is 6.05. The first-order valence-electron chi connectivity index (χ1n) is 8.19. The number of fused-ring (bicyclic) bond motifs is 1. The first kappa shape index (κ1) is 16.0. The Labute approximate surface area is 149 Å². The zero-order chi connectivity index (χ0) is 18.1. The SMILES string of the molecule is Cc1nc2ncccn2c1C(=O)N(C)Cc1cc(-c2ccccc2)on1. The molecule has 0 aliphatic rings. The lowest BCUT2D eigenvalue weighted by atomic mass is 10.1. The van der Waals surface area contributed by atoms with Crippen molar-refractivity contribution >= 4 is 11.7 Å². The lowest BCUT2D eigenvalue weighted by Crippen LogP contribution is -2.28. The summed E-state index contributed by atoms with van der Waals surface area (Å²) in [6.07, 6.45) is 3.44. The van der Waals surface area contributed by atoms with E-state index in [1.54, 1.807) is 41.7 Å². The van der Waals surface area contributed by atoms with Gasteiger partial charge in [-0.3, -0.25) is 9.20 Å². The number of carbonyl (C=O) groups excluding carboxylic acids is 1. The topological polar surface area (TPSA) is 76.5 Å². The standard InChI is InChI=1S/C19H17N5O2/c1-13-17(24-10-6-9-20-19(24)21-13)18(25)23(2)12-15-11-16(26-22-15)14-7-4-3-5-8-14/h3-11H,12H2,1-2H3. The van der Waals surface area contributed by atoms with E-state index in [1.807, 2.05) is 36.4 Å². The van der Waals surface area contributed by atoms with Crippen molar-refractivity contribution in [1.82, 2.24) is 24.4 Å². The third-order valence-electron chi connectivity index (χ3n) is 4.14. The highest BCUT2D eigenvalue weighted by Crippen LogP contribution is 2.21. The molecular formula is C19H17N5O2. The minimum Gasteiger partial charge on any atom is -0.356 e. The molecule has 4 rings (SSSR count). The highest BCUT2D eigenvalue weighted by molar-refractivity contribution is 5.94. The van der Waals surface area contributed by atoms with Crippen molar-refractivity contribution in [2.75, 3.05) is 7.05 Å². The van der Waals surface area contributed by atoms with Crippen LogP contribution in [-0.4, -0.2) is 37.4 Å². The molecule has 7 heteroatoms. The number of hydrogen-bond donors (Lipinski definition) is 0. The molecule has 0 aliphatic carbocycles. The summed E-state index contributed by atoms with van der Waals surface area (Å²) in [6.45, 7) is 2.14.